The Labute approximate surface area is 207 Å². The van der Waals surface area contributed by atoms with Gasteiger partial charge in [0.25, 0.3) is 0 Å². The fourth-order valence-corrected chi connectivity index (χ4v) is 3.56. The second-order valence-electron chi connectivity index (χ2n) is 7.75. The number of rotatable bonds is 19. The Hall–Kier alpha value is 0.537. The second-order valence-corrected chi connectivity index (χ2v) is 7.75. The van der Waals surface area contributed by atoms with E-state index in [-0.39, 0.29) is 61.3 Å². The zero-order valence-electron chi connectivity index (χ0n) is 19.2. The van der Waals surface area contributed by atoms with E-state index < -0.39 is 17.4 Å². The van der Waals surface area contributed by atoms with Crippen molar-refractivity contribution in [3.8, 4) is 0 Å². The minimum atomic E-state index is -1.80. The average molecular weight is 398 g/mol. The number of carbonyl (C=O) groups is 2. The van der Waals surface area contributed by atoms with Gasteiger partial charge in [-0.2, -0.15) is 0 Å². The minimum absolute atomic E-state index is 0. The van der Waals surface area contributed by atoms with Crippen LogP contribution in [0.2, 0.25) is 0 Å². The third kappa shape index (κ3) is 15.4. The van der Waals surface area contributed by atoms with E-state index in [0.717, 1.165) is 44.9 Å². The Morgan fingerprint density at radius 1 is 0.571 bits per heavy atom. The summed E-state index contributed by atoms with van der Waals surface area (Å²) in [6.45, 7) is 4.32. The molecule has 0 saturated carbocycles. The maximum absolute atomic E-state index is 11.5. The van der Waals surface area contributed by atoms with Crippen LogP contribution in [0.1, 0.15) is 123 Å². The van der Waals surface area contributed by atoms with Crippen LogP contribution in [0.3, 0.4) is 0 Å². The molecule has 0 rings (SSSR count). The molecule has 0 aromatic heterocycles. The van der Waals surface area contributed by atoms with Crippen LogP contribution >= 0.6 is 0 Å². The third-order valence-electron chi connectivity index (χ3n) is 5.45. The van der Waals surface area contributed by atoms with E-state index in [1.54, 1.807) is 0 Å². The van der Waals surface area contributed by atoms with Gasteiger partial charge in [0.15, 0.2) is 0 Å². The quantitative estimate of drug-likeness (QED) is 0.145. The molecule has 0 aliphatic heterocycles. The summed E-state index contributed by atoms with van der Waals surface area (Å²) in [4.78, 5) is 23.1. The van der Waals surface area contributed by atoms with Crippen molar-refractivity contribution in [2.24, 2.45) is 5.41 Å². The molecule has 0 unspecified atom stereocenters. The van der Waals surface area contributed by atoms with Gasteiger partial charge in [-0.3, -0.25) is 0 Å². The van der Waals surface area contributed by atoms with Crippen molar-refractivity contribution in [3.63, 3.8) is 0 Å². The number of hydrogen-bond acceptors (Lipinski definition) is 4. The van der Waals surface area contributed by atoms with Crippen LogP contribution < -0.4 is 58.6 Å². The number of carboxylic acids is 2. The Kier molecular flexibility index (Phi) is 26.3. The fraction of sp³-hybridized carbons (Fsp3) is 0.909. The van der Waals surface area contributed by atoms with E-state index in [2.05, 4.69) is 13.8 Å². The zero-order valence-corrected chi connectivity index (χ0v) is 21.2. The van der Waals surface area contributed by atoms with E-state index in [9.17, 15) is 19.8 Å². The molecule has 0 fully saturated rings. The van der Waals surface area contributed by atoms with Gasteiger partial charge in [0.1, 0.15) is 0 Å². The van der Waals surface area contributed by atoms with Gasteiger partial charge < -0.3 is 19.8 Å². The van der Waals surface area contributed by atoms with Crippen molar-refractivity contribution >= 4 is 11.9 Å². The summed E-state index contributed by atoms with van der Waals surface area (Å²) in [5, 5.41) is 23.1. The number of carboxylic acid groups (broad SMARTS) is 2. The van der Waals surface area contributed by atoms with Crippen molar-refractivity contribution in [1.29, 1.82) is 0 Å². The average Bonchev–Trinajstić information content (AvgIpc) is 2.60. The Morgan fingerprint density at radius 2 is 0.821 bits per heavy atom. The Balaban J connectivity index is -0.00000312. The molecule has 0 aliphatic carbocycles. The first-order chi connectivity index (χ1) is 12.5. The molecule has 0 atom stereocenters. The summed E-state index contributed by atoms with van der Waals surface area (Å²) in [6, 6.07) is 0. The molecule has 28 heavy (non-hydrogen) atoms. The molecule has 0 bridgehead atoms. The molecule has 0 spiro atoms. The summed E-state index contributed by atoms with van der Waals surface area (Å²) in [7, 11) is 0. The predicted molar refractivity (Wildman–Crippen MR) is 102 cm³/mol. The molecule has 154 valence electrons. The van der Waals surface area contributed by atoms with E-state index >= 15 is 0 Å². The van der Waals surface area contributed by atoms with Gasteiger partial charge in [-0.25, -0.2) is 0 Å². The third-order valence-corrected chi connectivity index (χ3v) is 5.45. The van der Waals surface area contributed by atoms with E-state index in [0.29, 0.717) is 12.8 Å². The van der Waals surface area contributed by atoms with Crippen molar-refractivity contribution in [1.82, 2.24) is 0 Å². The van der Waals surface area contributed by atoms with Crippen molar-refractivity contribution in [2.45, 2.75) is 123 Å². The van der Waals surface area contributed by atoms with Gasteiger partial charge in [-0.15, -0.1) is 0 Å². The Bertz CT molecular complexity index is 364. The fourth-order valence-electron chi connectivity index (χ4n) is 3.56. The summed E-state index contributed by atoms with van der Waals surface area (Å²) >= 11 is 0. The molecule has 0 aromatic rings. The summed E-state index contributed by atoms with van der Waals surface area (Å²) in [6.07, 6.45) is 16.3. The topological polar surface area (TPSA) is 80.3 Å². The van der Waals surface area contributed by atoms with E-state index in [4.69, 9.17) is 0 Å². The molecule has 0 heterocycles. The van der Waals surface area contributed by atoms with Crippen LogP contribution in [-0.2, 0) is 9.59 Å². The maximum atomic E-state index is 11.5. The van der Waals surface area contributed by atoms with Crippen molar-refractivity contribution in [2.75, 3.05) is 0 Å². The summed E-state index contributed by atoms with van der Waals surface area (Å²) in [5.41, 5.74) is -1.80. The number of unbranched alkanes of at least 4 members (excludes halogenated alkanes) is 13. The van der Waals surface area contributed by atoms with E-state index in [1.807, 2.05) is 0 Å². The SMILES string of the molecule is CCCCCCCCCCCCC(CCCCCCC)(C(=O)[O-])C(=O)[O-].[Li+].[Na+]. The van der Waals surface area contributed by atoms with Gasteiger partial charge in [-0.05, 0) is 12.8 Å². The molecule has 6 heteroatoms. The first-order valence-corrected chi connectivity index (χ1v) is 10.9. The summed E-state index contributed by atoms with van der Waals surface area (Å²) in [5.74, 6) is -2.94. The minimum Gasteiger partial charge on any atom is -0.549 e. The molecule has 0 radical (unpaired) electrons. The molecule has 0 aliphatic rings. The maximum Gasteiger partial charge on any atom is 1.00 e. The van der Waals surface area contributed by atoms with Crippen molar-refractivity contribution < 1.29 is 68.2 Å². The zero-order chi connectivity index (χ0) is 19.7. The normalized spacial score (nSPS) is 10.8. The smallest absolute Gasteiger partial charge is 0.549 e. The van der Waals surface area contributed by atoms with Gasteiger partial charge in [0.05, 0.1) is 11.9 Å². The van der Waals surface area contributed by atoms with Crippen LogP contribution in [-0.4, -0.2) is 11.9 Å². The standard InChI is InChI=1S/C22H42O4.Li.Na/c1-3-5-7-9-10-11-12-13-15-17-19-22(20(23)24,21(25)26)18-16-14-8-6-4-2;;/h3-19H2,1-2H3,(H,23,24)(H,25,26);;/q;2*+1/p-2. The van der Waals surface area contributed by atoms with Crippen LogP contribution in [0, 0.1) is 5.41 Å². The number of hydrogen-bond donors (Lipinski definition) is 0. The van der Waals surface area contributed by atoms with Gasteiger partial charge >= 0.3 is 48.4 Å². The number of aliphatic carboxylic acids is 2. The van der Waals surface area contributed by atoms with E-state index in [1.165, 1.54) is 38.5 Å². The number of carbonyl (C=O) groups excluding carboxylic acids is 2. The molecule has 0 amide bonds. The van der Waals surface area contributed by atoms with Crippen LogP contribution in [0.5, 0.6) is 0 Å². The van der Waals surface area contributed by atoms with Crippen molar-refractivity contribution in [3.05, 3.63) is 0 Å². The molecular formula is C22H40LiNaO4. The first-order valence-electron chi connectivity index (χ1n) is 10.9. The molecular weight excluding hydrogens is 358 g/mol. The first kappa shape index (κ1) is 33.2. The van der Waals surface area contributed by atoms with Gasteiger partial charge in [0.2, 0.25) is 0 Å². The second kappa shape index (κ2) is 22.2. The monoisotopic (exact) mass is 398 g/mol. The van der Waals surface area contributed by atoms with Crippen LogP contribution in [0.15, 0.2) is 0 Å². The molecule has 0 N–H and O–H groups in total. The predicted octanol–water partition coefficient (Wildman–Crippen LogP) is -1.85. The van der Waals surface area contributed by atoms with Crippen LogP contribution in [0.4, 0.5) is 0 Å². The van der Waals surface area contributed by atoms with Gasteiger partial charge in [0, 0.05) is 5.41 Å². The molecule has 4 nitrogen and oxygen atoms in total. The molecule has 0 saturated heterocycles. The Morgan fingerprint density at radius 3 is 1.07 bits per heavy atom. The largest absolute Gasteiger partial charge is 1.00 e. The van der Waals surface area contributed by atoms with Gasteiger partial charge in [-0.1, -0.05) is 110 Å². The molecule has 0 aromatic carbocycles. The van der Waals surface area contributed by atoms with Crippen LogP contribution in [0.25, 0.3) is 0 Å². The summed E-state index contributed by atoms with van der Waals surface area (Å²) < 4.78 is 0.